The van der Waals surface area contributed by atoms with Gasteiger partial charge in [-0.3, -0.25) is 15.1 Å². The topological polar surface area (TPSA) is 66.6 Å². The Kier molecular flexibility index (Phi) is 3.41. The molecule has 0 spiro atoms. The van der Waals surface area contributed by atoms with Crippen molar-refractivity contribution in [3.63, 3.8) is 0 Å². The molecule has 3 N–H and O–H groups in total. The first-order chi connectivity index (χ1) is 11.0. The van der Waals surface area contributed by atoms with Crippen molar-refractivity contribution in [1.82, 2.24) is 0 Å². The van der Waals surface area contributed by atoms with Crippen LogP contribution in [0.5, 0.6) is 0 Å². The van der Waals surface area contributed by atoms with E-state index >= 15 is 0 Å². The third-order valence-electron chi connectivity index (χ3n) is 6.52. The summed E-state index contributed by atoms with van der Waals surface area (Å²) in [5, 5.41) is 12.5. The lowest BCUT2D eigenvalue weighted by Gasteiger charge is -2.59. The van der Waals surface area contributed by atoms with Crippen molar-refractivity contribution >= 4 is 11.6 Å². The van der Waals surface area contributed by atoms with Gasteiger partial charge in [-0.1, -0.05) is 12.1 Å². The smallest absolute Gasteiger partial charge is 0.224 e. The summed E-state index contributed by atoms with van der Waals surface area (Å²) in [4.78, 5) is 11.3. The number of hydroxylamine groups is 1. The van der Waals surface area contributed by atoms with Crippen molar-refractivity contribution in [1.29, 1.82) is 0 Å². The van der Waals surface area contributed by atoms with E-state index < -0.39 is 0 Å². The van der Waals surface area contributed by atoms with Crippen molar-refractivity contribution in [2.24, 2.45) is 23.5 Å². The average molecular weight is 314 g/mol. The average Bonchev–Trinajstić information content (AvgIpc) is 2.52. The van der Waals surface area contributed by atoms with Crippen LogP contribution in [0.4, 0.5) is 5.69 Å². The van der Waals surface area contributed by atoms with Gasteiger partial charge in [0.2, 0.25) is 5.91 Å². The highest BCUT2D eigenvalue weighted by Gasteiger charge is 2.53. The summed E-state index contributed by atoms with van der Waals surface area (Å²) in [6.07, 6.45) is 7.45. The van der Waals surface area contributed by atoms with Crippen LogP contribution in [0, 0.1) is 17.8 Å². The van der Waals surface area contributed by atoms with Gasteiger partial charge in [0, 0.05) is 0 Å². The van der Waals surface area contributed by atoms with Crippen molar-refractivity contribution in [3.05, 3.63) is 29.8 Å². The molecule has 0 aliphatic heterocycles. The SMILES string of the molecule is CC(C(N)=O)c1ccc(N(O)C23CC4CC(CC(C4)C2)C3)cc1. The molecule has 0 saturated heterocycles. The molecule has 1 unspecified atom stereocenters. The first kappa shape index (κ1) is 15.0. The zero-order valence-corrected chi connectivity index (χ0v) is 13.7. The fourth-order valence-electron chi connectivity index (χ4n) is 5.67. The number of anilines is 1. The van der Waals surface area contributed by atoms with E-state index in [1.807, 2.05) is 31.2 Å². The maximum atomic E-state index is 11.3. The van der Waals surface area contributed by atoms with Crippen LogP contribution in [-0.2, 0) is 4.79 Å². The normalized spacial score (nSPS) is 36.0. The largest absolute Gasteiger partial charge is 0.369 e. The molecule has 5 rings (SSSR count). The molecule has 23 heavy (non-hydrogen) atoms. The Morgan fingerprint density at radius 3 is 2.04 bits per heavy atom. The monoisotopic (exact) mass is 314 g/mol. The number of carbonyl (C=O) groups excluding carboxylic acids is 1. The second-order valence-electron chi connectivity index (χ2n) is 8.17. The molecule has 1 aromatic carbocycles. The molecule has 4 fully saturated rings. The van der Waals surface area contributed by atoms with Gasteiger partial charge < -0.3 is 5.73 Å². The highest BCUT2D eigenvalue weighted by Crippen LogP contribution is 2.58. The summed E-state index contributed by atoms with van der Waals surface area (Å²) in [5.74, 6) is 1.77. The lowest BCUT2D eigenvalue weighted by atomic mass is 9.53. The van der Waals surface area contributed by atoms with Crippen LogP contribution >= 0.6 is 0 Å². The van der Waals surface area contributed by atoms with E-state index in [1.54, 1.807) is 5.06 Å². The summed E-state index contributed by atoms with van der Waals surface area (Å²) >= 11 is 0. The number of nitrogens with zero attached hydrogens (tertiary/aromatic N) is 1. The molecule has 0 heterocycles. The molecule has 4 aliphatic carbocycles. The maximum absolute atomic E-state index is 11.3. The second kappa shape index (κ2) is 5.23. The van der Waals surface area contributed by atoms with Gasteiger partial charge in [0.25, 0.3) is 0 Å². The van der Waals surface area contributed by atoms with E-state index in [1.165, 1.54) is 19.3 Å². The fourth-order valence-corrected chi connectivity index (χ4v) is 5.67. The second-order valence-corrected chi connectivity index (χ2v) is 8.17. The summed E-state index contributed by atoms with van der Waals surface area (Å²) < 4.78 is 0. The van der Waals surface area contributed by atoms with Crippen LogP contribution in [0.1, 0.15) is 56.9 Å². The lowest BCUT2D eigenvalue weighted by Crippen LogP contribution is -2.59. The van der Waals surface area contributed by atoms with Gasteiger partial charge in [0.15, 0.2) is 0 Å². The molecule has 1 amide bonds. The van der Waals surface area contributed by atoms with E-state index in [0.717, 1.165) is 48.3 Å². The summed E-state index contributed by atoms with van der Waals surface area (Å²) in [6.45, 7) is 1.81. The van der Waals surface area contributed by atoms with E-state index in [9.17, 15) is 10.0 Å². The number of hydrogen-bond acceptors (Lipinski definition) is 3. The van der Waals surface area contributed by atoms with Gasteiger partial charge in [0.05, 0.1) is 17.1 Å². The quantitative estimate of drug-likeness (QED) is 0.837. The number of hydrogen-bond donors (Lipinski definition) is 2. The number of rotatable bonds is 4. The molecule has 4 saturated carbocycles. The number of nitrogens with two attached hydrogens (primary N) is 1. The molecule has 1 aromatic rings. The van der Waals surface area contributed by atoms with Crippen molar-refractivity contribution < 1.29 is 10.0 Å². The number of benzene rings is 1. The van der Waals surface area contributed by atoms with Gasteiger partial charge in [-0.05, 0) is 80.9 Å². The Balaban J connectivity index is 1.57. The van der Waals surface area contributed by atoms with Crippen molar-refractivity contribution in [2.45, 2.75) is 56.9 Å². The number of carbonyl (C=O) groups is 1. The molecule has 124 valence electrons. The van der Waals surface area contributed by atoms with Crippen LogP contribution in [0.3, 0.4) is 0 Å². The van der Waals surface area contributed by atoms with Crippen molar-refractivity contribution in [3.8, 4) is 0 Å². The van der Waals surface area contributed by atoms with Crippen LogP contribution < -0.4 is 10.8 Å². The molecular formula is C19H26N2O2. The predicted molar refractivity (Wildman–Crippen MR) is 89.2 cm³/mol. The summed E-state index contributed by atoms with van der Waals surface area (Å²) in [7, 11) is 0. The fraction of sp³-hybridized carbons (Fsp3) is 0.632. The molecule has 4 aliphatic rings. The van der Waals surface area contributed by atoms with Crippen molar-refractivity contribution in [2.75, 3.05) is 5.06 Å². The Morgan fingerprint density at radius 2 is 1.61 bits per heavy atom. The molecular weight excluding hydrogens is 288 g/mol. The van der Waals surface area contributed by atoms with E-state index in [4.69, 9.17) is 5.73 Å². The van der Waals surface area contributed by atoms with Crippen LogP contribution in [0.25, 0.3) is 0 Å². The van der Waals surface area contributed by atoms with Crippen LogP contribution in [0.15, 0.2) is 24.3 Å². The lowest BCUT2D eigenvalue weighted by molar-refractivity contribution is -0.119. The first-order valence-corrected chi connectivity index (χ1v) is 8.85. The van der Waals surface area contributed by atoms with Gasteiger partial charge in [-0.2, -0.15) is 0 Å². The van der Waals surface area contributed by atoms with Gasteiger partial charge in [0.1, 0.15) is 0 Å². The zero-order valence-electron chi connectivity index (χ0n) is 13.7. The van der Waals surface area contributed by atoms with Gasteiger partial charge in [-0.25, -0.2) is 0 Å². The van der Waals surface area contributed by atoms with E-state index in [-0.39, 0.29) is 17.4 Å². The molecule has 0 aromatic heterocycles. The first-order valence-electron chi connectivity index (χ1n) is 8.85. The number of primary amides is 1. The van der Waals surface area contributed by atoms with Gasteiger partial charge in [-0.15, -0.1) is 0 Å². The minimum absolute atomic E-state index is 0.0639. The predicted octanol–water partition coefficient (Wildman–Crippen LogP) is 3.44. The minimum atomic E-state index is -0.320. The van der Waals surface area contributed by atoms with E-state index in [2.05, 4.69) is 0 Å². The Morgan fingerprint density at radius 1 is 1.13 bits per heavy atom. The molecule has 4 bridgehead atoms. The van der Waals surface area contributed by atoms with Crippen LogP contribution in [-0.4, -0.2) is 16.7 Å². The Labute approximate surface area is 137 Å². The Bertz CT molecular complexity index is 575. The molecule has 1 atom stereocenters. The maximum Gasteiger partial charge on any atom is 0.224 e. The molecule has 4 heteroatoms. The highest BCUT2D eigenvalue weighted by atomic mass is 16.5. The summed E-state index contributed by atoms with van der Waals surface area (Å²) in [5.41, 5.74) is 7.05. The van der Waals surface area contributed by atoms with Crippen LogP contribution in [0.2, 0.25) is 0 Å². The van der Waals surface area contributed by atoms with E-state index in [0.29, 0.717) is 0 Å². The minimum Gasteiger partial charge on any atom is -0.369 e. The molecule has 4 nitrogen and oxygen atoms in total. The van der Waals surface area contributed by atoms with Gasteiger partial charge >= 0.3 is 0 Å². The standard InChI is InChI=1S/C19H26N2O2/c1-12(18(20)22)16-2-4-17(5-3-16)21(23)19-9-13-6-14(10-19)8-15(7-13)11-19/h2-5,12-15,23H,6-11H2,1H3,(H2,20,22). The summed E-state index contributed by atoms with van der Waals surface area (Å²) in [6, 6.07) is 7.67. The third kappa shape index (κ3) is 2.44. The zero-order chi connectivity index (χ0) is 16.2. The Hall–Kier alpha value is -1.55. The number of amides is 1. The third-order valence-corrected chi connectivity index (χ3v) is 6.52. The highest BCUT2D eigenvalue weighted by molar-refractivity contribution is 5.81. The molecule has 0 radical (unpaired) electrons.